The van der Waals surface area contributed by atoms with E-state index in [1.807, 2.05) is 48.5 Å². The fourth-order valence-electron chi connectivity index (χ4n) is 2.57. The number of hydrogen-bond donors (Lipinski definition) is 0. The molecular formula is C24H16Cl2F2. The second kappa shape index (κ2) is 9.50. The van der Waals surface area contributed by atoms with Crippen LogP contribution in [0.4, 0.5) is 8.78 Å². The Balaban J connectivity index is 0.000000161. The maximum absolute atomic E-state index is 12.6. The van der Waals surface area contributed by atoms with E-state index in [1.165, 1.54) is 24.3 Å². The van der Waals surface area contributed by atoms with Crippen molar-refractivity contribution in [2.24, 2.45) is 0 Å². The van der Waals surface area contributed by atoms with Crippen LogP contribution in [-0.2, 0) is 0 Å². The molecule has 0 N–H and O–H groups in total. The average Bonchev–Trinajstić information content (AvgIpc) is 2.71. The lowest BCUT2D eigenvalue weighted by molar-refractivity contribution is 0.627. The maximum Gasteiger partial charge on any atom is 0.123 e. The summed E-state index contributed by atoms with van der Waals surface area (Å²) in [6, 6.07) is 27.7. The molecule has 4 heteroatoms. The lowest BCUT2D eigenvalue weighted by Crippen LogP contribution is -1.78. The molecule has 4 aromatic carbocycles. The van der Waals surface area contributed by atoms with Gasteiger partial charge in [-0.1, -0.05) is 71.7 Å². The van der Waals surface area contributed by atoms with Crippen LogP contribution in [0.5, 0.6) is 0 Å². The Kier molecular flexibility index (Phi) is 6.80. The van der Waals surface area contributed by atoms with Crippen molar-refractivity contribution in [2.45, 2.75) is 0 Å². The molecule has 0 aliphatic rings. The zero-order chi connectivity index (χ0) is 19.9. The molecule has 0 atom stereocenters. The first kappa shape index (κ1) is 20.1. The highest BCUT2D eigenvalue weighted by Gasteiger charge is 1.98. The number of rotatable bonds is 2. The summed E-state index contributed by atoms with van der Waals surface area (Å²) in [5.74, 6) is -0.439. The van der Waals surface area contributed by atoms with Gasteiger partial charge in [-0.2, -0.15) is 0 Å². The van der Waals surface area contributed by atoms with Crippen LogP contribution < -0.4 is 0 Å². The molecule has 0 amide bonds. The molecule has 0 spiro atoms. The number of halogens is 4. The van der Waals surface area contributed by atoms with Crippen LogP contribution >= 0.6 is 23.2 Å². The van der Waals surface area contributed by atoms with Crippen LogP contribution in [0.3, 0.4) is 0 Å². The fraction of sp³-hybridized carbons (Fsp3) is 0. The van der Waals surface area contributed by atoms with Gasteiger partial charge in [-0.15, -0.1) is 0 Å². The Morgan fingerprint density at radius 3 is 0.821 bits per heavy atom. The smallest absolute Gasteiger partial charge is 0.123 e. The van der Waals surface area contributed by atoms with Crippen molar-refractivity contribution in [1.29, 1.82) is 0 Å². The minimum absolute atomic E-state index is 0.220. The average molecular weight is 413 g/mol. The van der Waals surface area contributed by atoms with Crippen molar-refractivity contribution in [3.05, 3.63) is 119 Å². The summed E-state index contributed by atoms with van der Waals surface area (Å²) in [7, 11) is 0. The Bertz CT molecular complexity index is 834. The van der Waals surface area contributed by atoms with Crippen molar-refractivity contribution in [1.82, 2.24) is 0 Å². The Labute approximate surface area is 173 Å². The van der Waals surface area contributed by atoms with Gasteiger partial charge in [0.15, 0.2) is 0 Å². The molecule has 0 unspecified atom stereocenters. The Morgan fingerprint density at radius 2 is 0.571 bits per heavy atom. The van der Waals surface area contributed by atoms with Crippen molar-refractivity contribution >= 4 is 23.2 Å². The van der Waals surface area contributed by atoms with Gasteiger partial charge in [0.1, 0.15) is 11.6 Å². The normalized spacial score (nSPS) is 10.1. The predicted molar refractivity (Wildman–Crippen MR) is 114 cm³/mol. The van der Waals surface area contributed by atoms with Crippen LogP contribution in [0.15, 0.2) is 97.1 Å². The molecule has 0 fully saturated rings. The van der Waals surface area contributed by atoms with Gasteiger partial charge in [-0.25, -0.2) is 8.78 Å². The summed E-state index contributed by atoms with van der Waals surface area (Å²) in [6.07, 6.45) is 0. The van der Waals surface area contributed by atoms with E-state index in [0.29, 0.717) is 10.0 Å². The highest BCUT2D eigenvalue weighted by Crippen LogP contribution is 2.22. The van der Waals surface area contributed by atoms with Gasteiger partial charge < -0.3 is 0 Å². The van der Waals surface area contributed by atoms with E-state index in [2.05, 4.69) is 0 Å². The molecule has 140 valence electrons. The van der Waals surface area contributed by atoms with Crippen molar-refractivity contribution < 1.29 is 8.78 Å². The molecule has 0 aliphatic heterocycles. The molecule has 4 rings (SSSR count). The Hall–Kier alpha value is -2.68. The van der Waals surface area contributed by atoms with Crippen molar-refractivity contribution in [3.63, 3.8) is 0 Å². The summed E-state index contributed by atoms with van der Waals surface area (Å²) in [5, 5.41) is 1.41. The summed E-state index contributed by atoms with van der Waals surface area (Å²) >= 11 is 11.5. The minimum atomic E-state index is -0.220. The van der Waals surface area contributed by atoms with Gasteiger partial charge in [0.05, 0.1) is 0 Å². The maximum atomic E-state index is 12.6. The molecule has 28 heavy (non-hydrogen) atoms. The topological polar surface area (TPSA) is 0 Å². The SMILES string of the molecule is Fc1ccc(-c2ccc(Cl)cc2)cc1.Fc1ccc(-c2ccc(Cl)cc2)cc1. The van der Waals surface area contributed by atoms with Crippen LogP contribution in [0.25, 0.3) is 22.3 Å². The zero-order valence-electron chi connectivity index (χ0n) is 14.7. The second-order valence-electron chi connectivity index (χ2n) is 6.03. The molecule has 0 saturated carbocycles. The first-order valence-electron chi connectivity index (χ1n) is 8.54. The van der Waals surface area contributed by atoms with E-state index in [-0.39, 0.29) is 11.6 Å². The van der Waals surface area contributed by atoms with E-state index in [9.17, 15) is 8.78 Å². The van der Waals surface area contributed by atoms with Crippen molar-refractivity contribution in [3.8, 4) is 22.3 Å². The molecule has 0 saturated heterocycles. The largest absolute Gasteiger partial charge is 0.207 e. The highest BCUT2D eigenvalue weighted by atomic mass is 35.5. The quantitative estimate of drug-likeness (QED) is 0.310. The van der Waals surface area contributed by atoms with Crippen LogP contribution in [-0.4, -0.2) is 0 Å². The minimum Gasteiger partial charge on any atom is -0.207 e. The Morgan fingerprint density at radius 1 is 0.357 bits per heavy atom. The molecule has 0 aliphatic carbocycles. The summed E-state index contributed by atoms with van der Waals surface area (Å²) < 4.78 is 25.3. The number of benzene rings is 4. The molecule has 0 aromatic heterocycles. The molecule has 0 nitrogen and oxygen atoms in total. The molecule has 0 radical (unpaired) electrons. The van der Waals surface area contributed by atoms with Gasteiger partial charge >= 0.3 is 0 Å². The monoisotopic (exact) mass is 412 g/mol. The van der Waals surface area contributed by atoms with Gasteiger partial charge in [0.25, 0.3) is 0 Å². The van der Waals surface area contributed by atoms with Crippen molar-refractivity contribution in [2.75, 3.05) is 0 Å². The van der Waals surface area contributed by atoms with Gasteiger partial charge in [-0.05, 0) is 70.8 Å². The predicted octanol–water partition coefficient (Wildman–Crippen LogP) is 8.29. The lowest BCUT2D eigenvalue weighted by Gasteiger charge is -2.00. The molecule has 4 aromatic rings. The van der Waals surface area contributed by atoms with E-state index in [4.69, 9.17) is 23.2 Å². The zero-order valence-corrected chi connectivity index (χ0v) is 16.3. The standard InChI is InChI=1S/2C12H8ClF/c2*13-11-5-1-9(2-6-11)10-3-7-12(14)8-4-10/h2*1-8H. The summed E-state index contributed by atoms with van der Waals surface area (Å²) in [5.41, 5.74) is 4.05. The molecule has 0 heterocycles. The third-order valence-corrected chi connectivity index (χ3v) is 4.55. The second-order valence-corrected chi connectivity index (χ2v) is 6.90. The van der Waals surface area contributed by atoms with E-state index in [0.717, 1.165) is 22.3 Å². The summed E-state index contributed by atoms with van der Waals surface area (Å²) in [6.45, 7) is 0. The first-order chi connectivity index (χ1) is 13.5. The first-order valence-corrected chi connectivity index (χ1v) is 9.30. The number of hydrogen-bond acceptors (Lipinski definition) is 0. The highest BCUT2D eigenvalue weighted by molar-refractivity contribution is 6.30. The third-order valence-electron chi connectivity index (χ3n) is 4.04. The van der Waals surface area contributed by atoms with Gasteiger partial charge in [-0.3, -0.25) is 0 Å². The van der Waals surface area contributed by atoms with Gasteiger partial charge in [0.2, 0.25) is 0 Å². The molecule has 0 bridgehead atoms. The lowest BCUT2D eigenvalue weighted by atomic mass is 10.1. The van der Waals surface area contributed by atoms with Crippen LogP contribution in [0, 0.1) is 11.6 Å². The van der Waals surface area contributed by atoms with Gasteiger partial charge in [0, 0.05) is 10.0 Å². The fourth-order valence-corrected chi connectivity index (χ4v) is 2.82. The third kappa shape index (κ3) is 5.66. The van der Waals surface area contributed by atoms with E-state index in [1.54, 1.807) is 24.3 Å². The molecular weight excluding hydrogens is 397 g/mol. The van der Waals surface area contributed by atoms with E-state index >= 15 is 0 Å². The van der Waals surface area contributed by atoms with Crippen LogP contribution in [0.2, 0.25) is 10.0 Å². The summed E-state index contributed by atoms with van der Waals surface area (Å²) in [4.78, 5) is 0. The van der Waals surface area contributed by atoms with E-state index < -0.39 is 0 Å². The van der Waals surface area contributed by atoms with Crippen LogP contribution in [0.1, 0.15) is 0 Å².